The number of ether oxygens (including phenoxy) is 1. The van der Waals surface area contributed by atoms with Crippen LogP contribution in [0.5, 0.6) is 0 Å². The maximum absolute atomic E-state index is 12.5. The molecule has 30 heavy (non-hydrogen) atoms. The Bertz CT molecular complexity index is 819. The monoisotopic (exact) mass is 415 g/mol. The number of hydrogen-bond acceptors (Lipinski definition) is 5. The second-order valence-electron chi connectivity index (χ2n) is 7.91. The zero-order valence-electron chi connectivity index (χ0n) is 17.5. The van der Waals surface area contributed by atoms with Crippen molar-refractivity contribution in [1.29, 1.82) is 0 Å². The predicted octanol–water partition coefficient (Wildman–Crippen LogP) is 2.30. The number of urea groups is 1. The second kappa shape index (κ2) is 9.73. The highest BCUT2D eigenvalue weighted by atomic mass is 16.5. The van der Waals surface area contributed by atoms with Crippen molar-refractivity contribution in [2.24, 2.45) is 5.92 Å². The number of para-hydroxylation sites is 1. The number of aryl methyl sites for hydroxylation is 1. The maximum atomic E-state index is 12.5. The topological polar surface area (TPSA) is 105 Å². The van der Waals surface area contributed by atoms with Gasteiger partial charge in [0.1, 0.15) is 0 Å². The Balaban J connectivity index is 1.52. The van der Waals surface area contributed by atoms with Crippen molar-refractivity contribution in [2.75, 3.05) is 11.4 Å². The first-order valence-electron chi connectivity index (χ1n) is 10.6. The third kappa shape index (κ3) is 5.17. The number of imide groups is 1. The first kappa shape index (κ1) is 21.8. The molecule has 1 saturated heterocycles. The summed E-state index contributed by atoms with van der Waals surface area (Å²) in [5, 5.41) is 4.97. The number of amides is 4. The third-order valence-corrected chi connectivity index (χ3v) is 5.71. The van der Waals surface area contributed by atoms with Crippen molar-refractivity contribution in [3.8, 4) is 0 Å². The lowest BCUT2D eigenvalue weighted by Crippen LogP contribution is -2.47. The van der Waals surface area contributed by atoms with E-state index in [0.29, 0.717) is 0 Å². The van der Waals surface area contributed by atoms with Crippen LogP contribution in [0, 0.1) is 5.92 Å². The minimum absolute atomic E-state index is 0.0351. The molecule has 0 bridgehead atoms. The number of hydrogen-bond donors (Lipinski definition) is 2. The van der Waals surface area contributed by atoms with E-state index in [1.807, 2.05) is 31.2 Å². The minimum Gasteiger partial charge on any atom is -0.452 e. The zero-order chi connectivity index (χ0) is 21.7. The van der Waals surface area contributed by atoms with Gasteiger partial charge in [-0.2, -0.15) is 0 Å². The van der Waals surface area contributed by atoms with Gasteiger partial charge in [-0.25, -0.2) is 4.79 Å². The molecule has 0 spiro atoms. The molecule has 1 aromatic rings. The lowest BCUT2D eigenvalue weighted by atomic mass is 10.1. The standard InChI is InChI=1S/C22H29N3O5/c1-3-15-8-4-7-11-18(15)25-13-16(12-19(25)26)21(28)30-14(2)20(27)24-22(29)23-17-9-5-6-10-17/h4,7-8,11,14,16-17H,3,5-6,9-10,12-13H2,1-2H3,(H2,23,24,27,29)/t14-,16+/m1/s1. The number of anilines is 1. The van der Waals surface area contributed by atoms with Crippen molar-refractivity contribution >= 4 is 29.5 Å². The average Bonchev–Trinajstić information content (AvgIpc) is 3.37. The van der Waals surface area contributed by atoms with E-state index < -0.39 is 29.9 Å². The average molecular weight is 415 g/mol. The first-order chi connectivity index (χ1) is 14.4. The molecule has 0 aromatic heterocycles. The van der Waals surface area contributed by atoms with Crippen LogP contribution in [-0.2, 0) is 25.5 Å². The molecule has 1 aliphatic heterocycles. The number of carbonyl (C=O) groups excluding carboxylic acids is 4. The minimum atomic E-state index is -1.13. The van der Waals surface area contributed by atoms with Gasteiger partial charge in [-0.15, -0.1) is 0 Å². The van der Waals surface area contributed by atoms with Crippen LogP contribution >= 0.6 is 0 Å². The summed E-state index contributed by atoms with van der Waals surface area (Å²) in [6, 6.07) is 7.10. The number of esters is 1. The van der Waals surface area contributed by atoms with E-state index in [1.165, 1.54) is 6.92 Å². The fourth-order valence-corrected chi connectivity index (χ4v) is 4.00. The summed E-state index contributed by atoms with van der Waals surface area (Å²) in [5.41, 5.74) is 1.83. The summed E-state index contributed by atoms with van der Waals surface area (Å²) in [7, 11) is 0. The Hall–Kier alpha value is -2.90. The summed E-state index contributed by atoms with van der Waals surface area (Å²) in [5.74, 6) is -2.09. The zero-order valence-corrected chi connectivity index (χ0v) is 17.5. The van der Waals surface area contributed by atoms with Gasteiger partial charge in [-0.1, -0.05) is 38.0 Å². The molecular weight excluding hydrogens is 386 g/mol. The number of nitrogens with zero attached hydrogens (tertiary/aromatic N) is 1. The van der Waals surface area contributed by atoms with Gasteiger partial charge in [0.25, 0.3) is 5.91 Å². The highest BCUT2D eigenvalue weighted by Gasteiger charge is 2.38. The molecule has 3 rings (SSSR count). The van der Waals surface area contributed by atoms with Gasteiger partial charge in [0.15, 0.2) is 6.10 Å². The maximum Gasteiger partial charge on any atom is 0.321 e. The molecule has 8 heteroatoms. The molecule has 1 aliphatic carbocycles. The molecule has 1 aromatic carbocycles. The number of benzene rings is 1. The first-order valence-corrected chi connectivity index (χ1v) is 10.6. The van der Waals surface area contributed by atoms with Crippen molar-refractivity contribution in [3.05, 3.63) is 29.8 Å². The van der Waals surface area contributed by atoms with Gasteiger partial charge in [-0.05, 0) is 37.8 Å². The molecule has 2 atom stereocenters. The van der Waals surface area contributed by atoms with Gasteiger partial charge in [0.2, 0.25) is 5.91 Å². The Morgan fingerprint density at radius 2 is 1.90 bits per heavy atom. The summed E-state index contributed by atoms with van der Waals surface area (Å²) in [4.78, 5) is 50.7. The Morgan fingerprint density at radius 3 is 2.60 bits per heavy atom. The molecule has 162 valence electrons. The lowest BCUT2D eigenvalue weighted by molar-refractivity contribution is -0.158. The molecule has 0 unspecified atom stereocenters. The van der Waals surface area contributed by atoms with Crippen molar-refractivity contribution in [3.63, 3.8) is 0 Å². The van der Waals surface area contributed by atoms with Crippen molar-refractivity contribution in [2.45, 2.75) is 64.5 Å². The van der Waals surface area contributed by atoms with Crippen molar-refractivity contribution in [1.82, 2.24) is 10.6 Å². The number of rotatable bonds is 6. The predicted molar refractivity (Wildman–Crippen MR) is 111 cm³/mol. The summed E-state index contributed by atoms with van der Waals surface area (Å²) >= 11 is 0. The molecular formula is C22H29N3O5. The molecule has 1 heterocycles. The van der Waals surface area contributed by atoms with E-state index in [4.69, 9.17) is 4.74 Å². The van der Waals surface area contributed by atoms with Gasteiger partial charge in [0.05, 0.1) is 5.92 Å². The van der Waals surface area contributed by atoms with Crippen molar-refractivity contribution < 1.29 is 23.9 Å². The van der Waals surface area contributed by atoms with Gasteiger partial charge < -0.3 is 15.0 Å². The van der Waals surface area contributed by atoms with E-state index in [9.17, 15) is 19.2 Å². The molecule has 8 nitrogen and oxygen atoms in total. The number of nitrogens with one attached hydrogen (secondary N) is 2. The molecule has 0 radical (unpaired) electrons. The van der Waals surface area contributed by atoms with E-state index in [0.717, 1.165) is 43.4 Å². The quantitative estimate of drug-likeness (QED) is 0.694. The highest BCUT2D eigenvalue weighted by Crippen LogP contribution is 2.29. The summed E-state index contributed by atoms with van der Waals surface area (Å²) in [6.07, 6.45) is 3.61. The van der Waals surface area contributed by atoms with E-state index in [-0.39, 0.29) is 24.9 Å². The smallest absolute Gasteiger partial charge is 0.321 e. The van der Waals surface area contributed by atoms with E-state index >= 15 is 0 Å². The van der Waals surface area contributed by atoms with Crippen LogP contribution in [-0.4, -0.2) is 42.5 Å². The lowest BCUT2D eigenvalue weighted by Gasteiger charge is -2.20. The van der Waals surface area contributed by atoms with Gasteiger partial charge >= 0.3 is 12.0 Å². The molecule has 2 N–H and O–H groups in total. The molecule has 1 saturated carbocycles. The Morgan fingerprint density at radius 1 is 1.20 bits per heavy atom. The van der Waals surface area contributed by atoms with Gasteiger partial charge in [0, 0.05) is 24.7 Å². The van der Waals surface area contributed by atoms with Crippen LogP contribution in [0.1, 0.15) is 51.5 Å². The van der Waals surface area contributed by atoms with Gasteiger partial charge in [-0.3, -0.25) is 19.7 Å². The second-order valence-corrected chi connectivity index (χ2v) is 7.91. The Kier molecular flexibility index (Phi) is 7.07. The van der Waals surface area contributed by atoms with Crippen LogP contribution in [0.4, 0.5) is 10.5 Å². The largest absolute Gasteiger partial charge is 0.452 e. The van der Waals surface area contributed by atoms with Crippen LogP contribution in [0.15, 0.2) is 24.3 Å². The SMILES string of the molecule is CCc1ccccc1N1C[C@@H](C(=O)O[C@H](C)C(=O)NC(=O)NC2CCCC2)CC1=O. The van der Waals surface area contributed by atoms with E-state index in [2.05, 4.69) is 10.6 Å². The molecule has 2 fully saturated rings. The fraction of sp³-hybridized carbons (Fsp3) is 0.545. The summed E-state index contributed by atoms with van der Waals surface area (Å²) in [6.45, 7) is 3.64. The summed E-state index contributed by atoms with van der Waals surface area (Å²) < 4.78 is 5.25. The number of carbonyl (C=O) groups is 4. The fourth-order valence-electron chi connectivity index (χ4n) is 4.00. The third-order valence-electron chi connectivity index (χ3n) is 5.71. The van der Waals surface area contributed by atoms with E-state index in [1.54, 1.807) is 4.90 Å². The Labute approximate surface area is 176 Å². The van der Waals surface area contributed by atoms with Crippen LogP contribution in [0.3, 0.4) is 0 Å². The van der Waals surface area contributed by atoms with Crippen LogP contribution in [0.2, 0.25) is 0 Å². The normalized spacial score (nSPS) is 20.1. The molecule has 4 amide bonds. The highest BCUT2D eigenvalue weighted by molar-refractivity contribution is 6.01. The van der Waals surface area contributed by atoms with Crippen LogP contribution < -0.4 is 15.5 Å². The van der Waals surface area contributed by atoms with Crippen LogP contribution in [0.25, 0.3) is 0 Å². The molecule has 2 aliphatic rings.